The molecule has 6 heteroatoms. The summed E-state index contributed by atoms with van der Waals surface area (Å²) in [6, 6.07) is 14.7. The summed E-state index contributed by atoms with van der Waals surface area (Å²) in [6.45, 7) is 0. The van der Waals surface area contributed by atoms with Crippen molar-refractivity contribution in [3.63, 3.8) is 0 Å². The third-order valence-corrected chi connectivity index (χ3v) is 4.63. The molecule has 0 aromatic heterocycles. The van der Waals surface area contributed by atoms with Crippen LogP contribution >= 0.6 is 0 Å². The average molecular weight is 516 g/mol. The van der Waals surface area contributed by atoms with Gasteiger partial charge in [-0.3, -0.25) is 0 Å². The maximum atomic E-state index is 12.2. The fraction of sp³-hybridized carbons (Fsp3) is 0.0400. The minimum atomic E-state index is -0.228. The van der Waals surface area contributed by atoms with E-state index < -0.39 is 0 Å². The molecule has 2 aliphatic rings. The Bertz CT molecular complexity index is 820. The van der Waals surface area contributed by atoms with Gasteiger partial charge in [0, 0.05) is 17.1 Å². The van der Waals surface area contributed by atoms with Crippen LogP contribution in [0.2, 0.25) is 0 Å². The quantitative estimate of drug-likeness (QED) is 0.379. The number of hydrogen-bond donors (Lipinski definition) is 1. The third-order valence-electron chi connectivity index (χ3n) is 4.22. The molecule has 4 rings (SSSR count). The first-order chi connectivity index (χ1) is 14.7. The second kappa shape index (κ2) is 13.7. The molecular formula is C25H21FeN2O2Se. The van der Waals surface area contributed by atoms with Crippen molar-refractivity contribution in [2.24, 2.45) is 4.99 Å². The van der Waals surface area contributed by atoms with Gasteiger partial charge in [0.1, 0.15) is 0 Å². The molecule has 2 aliphatic carbocycles. The molecule has 2 aromatic rings. The average Bonchev–Trinajstić information content (AvgIpc) is 3.51. The van der Waals surface area contributed by atoms with Crippen LogP contribution in [0.5, 0.6) is 5.75 Å². The second-order valence-corrected chi connectivity index (χ2v) is 7.09. The number of carbonyl (C=O) groups excluding carboxylic acids is 1. The molecule has 157 valence electrons. The molecule has 2 fully saturated rings. The van der Waals surface area contributed by atoms with Crippen LogP contribution in [-0.4, -0.2) is 33.8 Å². The number of nitrogens with zero attached hydrogens (tertiary/aromatic N) is 1. The summed E-state index contributed by atoms with van der Waals surface area (Å²) in [5, 5.41) is 2.74. The second-order valence-electron chi connectivity index (χ2n) is 6.28. The largest absolute Gasteiger partial charge is 0.0312 e. The van der Waals surface area contributed by atoms with Gasteiger partial charge in [-0.2, -0.15) is 0 Å². The van der Waals surface area contributed by atoms with E-state index in [9.17, 15) is 4.79 Å². The number of rotatable bonds is 4. The standard InChI is InChI=1S/C20H16N2O2Se.C5H5.Fe/c1-24-18-12-8-16(9-13-18)19(23)22-20(25)21-17-10-6-15(7-11-17)14-4-2-3-5-14;1-2-4-5-3-1;/h2-13H,1H3,(H,21,22,23);1-5H;. The summed E-state index contributed by atoms with van der Waals surface area (Å²) in [4.78, 5) is 16.6. The van der Waals surface area contributed by atoms with Gasteiger partial charge >= 0.3 is 156 Å². The number of amides is 1. The van der Waals surface area contributed by atoms with Gasteiger partial charge in [0.2, 0.25) is 0 Å². The maximum absolute atomic E-state index is 12.2. The zero-order valence-electron chi connectivity index (χ0n) is 16.8. The van der Waals surface area contributed by atoms with Crippen LogP contribution in [0.3, 0.4) is 0 Å². The number of nitrogens with one attached hydrogen (secondary N) is 1. The molecule has 0 saturated heterocycles. The summed E-state index contributed by atoms with van der Waals surface area (Å²) in [7, 11) is 1.59. The van der Waals surface area contributed by atoms with Crippen LogP contribution in [0.25, 0.3) is 0 Å². The molecule has 0 unspecified atom stereocenters. The SMILES string of the molecule is COc1ccc(C(=O)NC([Se])=Nc2ccc([C]3[CH][CH][CH][CH]3)cc2)cc1.[CH]1[CH][CH][CH][CH]1.[Fe]. The number of ether oxygens (including phenoxy) is 1. The molecule has 1 amide bonds. The van der Waals surface area contributed by atoms with Crippen molar-refractivity contribution in [1.82, 2.24) is 5.32 Å². The molecule has 2 aromatic carbocycles. The molecule has 0 atom stereocenters. The van der Waals surface area contributed by atoms with E-state index in [0.29, 0.717) is 16.0 Å². The van der Waals surface area contributed by atoms with E-state index in [2.05, 4.69) is 39.2 Å². The Morgan fingerprint density at radius 3 is 1.90 bits per heavy atom. The van der Waals surface area contributed by atoms with Gasteiger partial charge in [-0.1, -0.05) is 0 Å². The van der Waals surface area contributed by atoms with Crippen LogP contribution in [-0.2, 0) is 17.1 Å². The van der Waals surface area contributed by atoms with Crippen LogP contribution in [0.1, 0.15) is 15.9 Å². The molecular weight excluding hydrogens is 495 g/mol. The van der Waals surface area contributed by atoms with Gasteiger partial charge in [-0.05, 0) is 32.1 Å². The van der Waals surface area contributed by atoms with Crippen molar-refractivity contribution in [3.05, 3.63) is 123 Å². The van der Waals surface area contributed by atoms with Crippen molar-refractivity contribution < 1.29 is 26.6 Å². The summed E-state index contributed by atoms with van der Waals surface area (Å²) in [5.41, 5.74) is 2.43. The van der Waals surface area contributed by atoms with E-state index in [1.165, 1.54) is 5.92 Å². The van der Waals surface area contributed by atoms with Crippen molar-refractivity contribution in [3.8, 4) is 5.75 Å². The summed E-state index contributed by atoms with van der Waals surface area (Å²) < 4.78 is 5.50. The van der Waals surface area contributed by atoms with Gasteiger partial charge in [-0.15, -0.1) is 0 Å². The number of amidine groups is 1. The van der Waals surface area contributed by atoms with Gasteiger partial charge in [0.25, 0.3) is 0 Å². The Kier molecular flexibility index (Phi) is 11.4. The van der Waals surface area contributed by atoms with Crippen molar-refractivity contribution >= 4 is 32.3 Å². The molecule has 0 spiro atoms. The Morgan fingerprint density at radius 2 is 1.39 bits per heavy atom. The van der Waals surface area contributed by atoms with Crippen molar-refractivity contribution in [1.29, 1.82) is 0 Å². The number of benzene rings is 2. The minimum absolute atomic E-state index is 0. The molecule has 0 bridgehead atoms. The van der Waals surface area contributed by atoms with Crippen LogP contribution in [0.4, 0.5) is 5.69 Å². The smallest absolute Gasteiger partial charge is 0 e. The molecule has 11 radical (unpaired) electrons. The van der Waals surface area contributed by atoms with Crippen LogP contribution in [0, 0.1) is 63.7 Å². The van der Waals surface area contributed by atoms with E-state index in [-0.39, 0.29) is 23.0 Å². The van der Waals surface area contributed by atoms with E-state index in [0.717, 1.165) is 11.3 Å². The van der Waals surface area contributed by atoms with E-state index >= 15 is 0 Å². The zero-order valence-corrected chi connectivity index (χ0v) is 19.7. The van der Waals surface area contributed by atoms with Gasteiger partial charge in [-0.25, -0.2) is 0 Å². The third kappa shape index (κ3) is 8.46. The zero-order chi connectivity index (χ0) is 21.2. The van der Waals surface area contributed by atoms with Gasteiger partial charge in [0.05, 0.1) is 0 Å². The molecule has 1 N–H and O–H groups in total. The Morgan fingerprint density at radius 1 is 0.839 bits per heavy atom. The molecule has 2 saturated carbocycles. The topological polar surface area (TPSA) is 50.7 Å². The summed E-state index contributed by atoms with van der Waals surface area (Å²) >= 11 is 2.78. The fourth-order valence-corrected chi connectivity index (χ4v) is 3.09. The Balaban J connectivity index is 0.000000501. The monoisotopic (exact) mass is 517 g/mol. The fourth-order valence-electron chi connectivity index (χ4n) is 2.67. The maximum Gasteiger partial charge on any atom is 0 e. The predicted molar refractivity (Wildman–Crippen MR) is 121 cm³/mol. The number of aliphatic imine (C=N–C) groups is 1. The van der Waals surface area contributed by atoms with E-state index in [1.807, 2.05) is 69.2 Å². The molecule has 4 nitrogen and oxygen atoms in total. The summed E-state index contributed by atoms with van der Waals surface area (Å²) in [5.74, 6) is 1.65. The molecule has 0 aliphatic heterocycles. The number of carbonyl (C=O) groups is 1. The normalized spacial score (nSPS) is 16.1. The molecule has 0 heterocycles. The van der Waals surface area contributed by atoms with Crippen LogP contribution in [0.15, 0.2) is 53.5 Å². The Labute approximate surface area is 204 Å². The van der Waals surface area contributed by atoms with Crippen molar-refractivity contribution in [2.45, 2.75) is 0 Å². The number of methoxy groups -OCH3 is 1. The minimum Gasteiger partial charge on any atom is -0.0312 e. The Hall–Kier alpha value is -1.58. The van der Waals surface area contributed by atoms with E-state index in [1.54, 1.807) is 31.4 Å². The first kappa shape index (κ1) is 25.7. The van der Waals surface area contributed by atoms with Gasteiger partial charge in [0.15, 0.2) is 0 Å². The van der Waals surface area contributed by atoms with Gasteiger partial charge < -0.3 is 0 Å². The first-order valence-electron chi connectivity index (χ1n) is 9.35. The molecule has 31 heavy (non-hydrogen) atoms. The summed E-state index contributed by atoms with van der Waals surface area (Å²) in [6.07, 6.45) is 18.1. The number of hydrogen-bond acceptors (Lipinski definition) is 3. The van der Waals surface area contributed by atoms with Crippen LogP contribution < -0.4 is 10.1 Å². The predicted octanol–water partition coefficient (Wildman–Crippen LogP) is 4.05. The van der Waals surface area contributed by atoms with E-state index in [4.69, 9.17) is 4.74 Å². The first-order valence-corrected chi connectivity index (χ1v) is 10.2. The van der Waals surface area contributed by atoms with Crippen molar-refractivity contribution in [2.75, 3.05) is 7.11 Å².